The van der Waals surface area contributed by atoms with Crippen molar-refractivity contribution in [3.05, 3.63) is 56.8 Å². The number of imide groups is 1. The highest BCUT2D eigenvalue weighted by atomic mass is 79.9. The van der Waals surface area contributed by atoms with Gasteiger partial charge in [0.15, 0.2) is 0 Å². The molecular weight excluding hydrogens is 442 g/mol. The number of anilines is 1. The van der Waals surface area contributed by atoms with Gasteiger partial charge in [0.2, 0.25) is 0 Å². The Labute approximate surface area is 175 Å². The fraction of sp³-hybridized carbons (Fsp3) is 0.300. The Morgan fingerprint density at radius 1 is 1.07 bits per heavy atom. The number of amides is 2. The maximum absolute atomic E-state index is 13.1. The number of benzene rings is 1. The van der Waals surface area contributed by atoms with Gasteiger partial charge in [0.25, 0.3) is 11.8 Å². The van der Waals surface area contributed by atoms with Gasteiger partial charge < -0.3 is 10.1 Å². The summed E-state index contributed by atoms with van der Waals surface area (Å²) >= 11 is 4.90. The number of hydrogen-bond acceptors (Lipinski definition) is 6. The molecule has 28 heavy (non-hydrogen) atoms. The minimum Gasteiger partial charge on any atom is -0.379 e. The predicted octanol–water partition coefficient (Wildman–Crippen LogP) is 3.03. The third-order valence-electron chi connectivity index (χ3n) is 4.77. The van der Waals surface area contributed by atoms with Crippen LogP contribution in [0.25, 0.3) is 5.57 Å². The van der Waals surface area contributed by atoms with E-state index in [-0.39, 0.29) is 11.8 Å². The lowest BCUT2D eigenvalue weighted by Gasteiger charge is -2.28. The first-order chi connectivity index (χ1) is 13.6. The van der Waals surface area contributed by atoms with Gasteiger partial charge >= 0.3 is 0 Å². The van der Waals surface area contributed by atoms with E-state index in [0.29, 0.717) is 37.6 Å². The normalized spacial score (nSPS) is 18.2. The SMILES string of the molecule is O=C1C(Nc2cccc(Br)c2)=C(c2cccs2)C(=O)N1CCN1CCOCC1. The molecule has 0 aliphatic carbocycles. The number of nitrogens with one attached hydrogen (secondary N) is 1. The average Bonchev–Trinajstić information content (AvgIpc) is 3.29. The first-order valence-electron chi connectivity index (χ1n) is 9.10. The van der Waals surface area contributed by atoms with Gasteiger partial charge in [-0.3, -0.25) is 19.4 Å². The summed E-state index contributed by atoms with van der Waals surface area (Å²) in [5.41, 5.74) is 1.55. The quantitative estimate of drug-likeness (QED) is 0.669. The summed E-state index contributed by atoms with van der Waals surface area (Å²) in [5.74, 6) is -0.514. The van der Waals surface area contributed by atoms with Crippen LogP contribution < -0.4 is 5.32 Å². The van der Waals surface area contributed by atoms with Crippen molar-refractivity contribution in [2.75, 3.05) is 44.7 Å². The van der Waals surface area contributed by atoms with E-state index in [1.807, 2.05) is 41.8 Å². The Morgan fingerprint density at radius 3 is 2.61 bits per heavy atom. The van der Waals surface area contributed by atoms with Gasteiger partial charge in [-0.15, -0.1) is 11.3 Å². The third-order valence-corrected chi connectivity index (χ3v) is 6.15. The Balaban J connectivity index is 1.58. The summed E-state index contributed by atoms with van der Waals surface area (Å²) in [5, 5.41) is 5.09. The van der Waals surface area contributed by atoms with Crippen LogP contribution in [-0.2, 0) is 14.3 Å². The molecule has 1 saturated heterocycles. The molecule has 2 aliphatic rings. The smallest absolute Gasteiger partial charge is 0.278 e. The van der Waals surface area contributed by atoms with Crippen molar-refractivity contribution in [3.8, 4) is 0 Å². The molecule has 0 unspecified atom stereocenters. The first kappa shape index (κ1) is 19.3. The van der Waals surface area contributed by atoms with Crippen LogP contribution in [0, 0.1) is 0 Å². The second-order valence-corrected chi connectivity index (χ2v) is 8.44. The van der Waals surface area contributed by atoms with Gasteiger partial charge in [0.1, 0.15) is 5.70 Å². The van der Waals surface area contributed by atoms with Crippen molar-refractivity contribution in [1.82, 2.24) is 9.80 Å². The summed E-state index contributed by atoms with van der Waals surface area (Å²) < 4.78 is 6.26. The highest BCUT2D eigenvalue weighted by Crippen LogP contribution is 2.33. The van der Waals surface area contributed by atoms with E-state index < -0.39 is 0 Å². The van der Waals surface area contributed by atoms with Gasteiger partial charge in [-0.1, -0.05) is 28.1 Å². The van der Waals surface area contributed by atoms with Gasteiger partial charge in [-0.2, -0.15) is 0 Å². The predicted molar refractivity (Wildman–Crippen MR) is 113 cm³/mol. The van der Waals surface area contributed by atoms with E-state index in [4.69, 9.17) is 4.74 Å². The number of morpholine rings is 1. The topological polar surface area (TPSA) is 61.9 Å². The molecule has 0 bridgehead atoms. The number of ether oxygens (including phenoxy) is 1. The number of rotatable bonds is 6. The van der Waals surface area contributed by atoms with Gasteiger partial charge in [-0.05, 0) is 29.6 Å². The van der Waals surface area contributed by atoms with E-state index in [2.05, 4.69) is 26.1 Å². The van der Waals surface area contributed by atoms with Crippen LogP contribution in [0.4, 0.5) is 5.69 Å². The molecule has 0 radical (unpaired) electrons. The molecule has 0 saturated carbocycles. The summed E-state index contributed by atoms with van der Waals surface area (Å²) in [4.78, 5) is 30.6. The second kappa shape index (κ2) is 8.57. The van der Waals surface area contributed by atoms with Crippen LogP contribution in [0.1, 0.15) is 4.88 Å². The number of carbonyl (C=O) groups excluding carboxylic acids is 2. The minimum absolute atomic E-state index is 0.238. The zero-order valence-corrected chi connectivity index (χ0v) is 17.6. The highest BCUT2D eigenvalue weighted by Gasteiger charge is 2.39. The lowest BCUT2D eigenvalue weighted by Crippen LogP contribution is -2.43. The van der Waals surface area contributed by atoms with E-state index >= 15 is 0 Å². The molecular formula is C20H20BrN3O3S. The summed E-state index contributed by atoms with van der Waals surface area (Å²) in [6.45, 7) is 4.06. The van der Waals surface area contributed by atoms with E-state index in [1.165, 1.54) is 16.2 Å². The number of thiophene rings is 1. The molecule has 0 spiro atoms. The molecule has 3 heterocycles. The molecule has 8 heteroatoms. The highest BCUT2D eigenvalue weighted by molar-refractivity contribution is 9.10. The van der Waals surface area contributed by atoms with Crippen molar-refractivity contribution in [2.45, 2.75) is 0 Å². The molecule has 4 rings (SSSR count). The fourth-order valence-electron chi connectivity index (χ4n) is 3.32. The van der Waals surface area contributed by atoms with Crippen LogP contribution in [0.15, 0.2) is 51.9 Å². The molecule has 146 valence electrons. The largest absolute Gasteiger partial charge is 0.379 e. The molecule has 2 aliphatic heterocycles. The Hall–Kier alpha value is -2.00. The number of hydrogen-bond donors (Lipinski definition) is 1. The standard InChI is InChI=1S/C20H20BrN3O3S/c21-14-3-1-4-15(13-14)22-18-17(16-5-2-12-28-16)19(25)24(20(18)26)7-6-23-8-10-27-11-9-23/h1-5,12-13,22H,6-11H2. The average molecular weight is 462 g/mol. The van der Waals surface area contributed by atoms with Crippen molar-refractivity contribution in [1.29, 1.82) is 0 Å². The minimum atomic E-state index is -0.276. The van der Waals surface area contributed by atoms with Crippen LogP contribution in [0.2, 0.25) is 0 Å². The monoisotopic (exact) mass is 461 g/mol. The number of halogens is 1. The zero-order chi connectivity index (χ0) is 19.5. The Morgan fingerprint density at radius 2 is 1.89 bits per heavy atom. The van der Waals surface area contributed by atoms with Crippen molar-refractivity contribution >= 4 is 50.3 Å². The third kappa shape index (κ3) is 4.05. The summed E-state index contributed by atoms with van der Waals surface area (Å²) in [6.07, 6.45) is 0. The first-order valence-corrected chi connectivity index (χ1v) is 10.8. The fourth-order valence-corrected chi connectivity index (χ4v) is 4.49. The molecule has 2 amide bonds. The zero-order valence-electron chi connectivity index (χ0n) is 15.2. The molecule has 2 aromatic rings. The van der Waals surface area contributed by atoms with E-state index in [0.717, 1.165) is 28.1 Å². The molecule has 6 nitrogen and oxygen atoms in total. The molecule has 1 N–H and O–H groups in total. The lowest BCUT2D eigenvalue weighted by atomic mass is 10.2. The molecule has 1 aromatic heterocycles. The summed E-state index contributed by atoms with van der Waals surface area (Å²) in [6, 6.07) is 11.3. The maximum Gasteiger partial charge on any atom is 0.278 e. The Bertz CT molecular complexity index is 907. The van der Waals surface area contributed by atoms with E-state index in [1.54, 1.807) is 0 Å². The molecule has 1 fully saturated rings. The number of carbonyl (C=O) groups is 2. The number of nitrogens with zero attached hydrogens (tertiary/aromatic N) is 2. The molecule has 0 atom stereocenters. The van der Waals surface area contributed by atoms with Gasteiger partial charge in [-0.25, -0.2) is 0 Å². The van der Waals surface area contributed by atoms with Crippen LogP contribution in [-0.4, -0.2) is 61.0 Å². The van der Waals surface area contributed by atoms with Crippen molar-refractivity contribution < 1.29 is 14.3 Å². The van der Waals surface area contributed by atoms with Crippen molar-refractivity contribution in [3.63, 3.8) is 0 Å². The maximum atomic E-state index is 13.1. The lowest BCUT2D eigenvalue weighted by molar-refractivity contribution is -0.137. The summed E-state index contributed by atoms with van der Waals surface area (Å²) in [7, 11) is 0. The van der Waals surface area contributed by atoms with Crippen LogP contribution >= 0.6 is 27.3 Å². The van der Waals surface area contributed by atoms with Crippen molar-refractivity contribution in [2.24, 2.45) is 0 Å². The van der Waals surface area contributed by atoms with Crippen LogP contribution in [0.5, 0.6) is 0 Å². The Kier molecular flexibility index (Phi) is 5.91. The second-order valence-electron chi connectivity index (χ2n) is 6.58. The van der Waals surface area contributed by atoms with Gasteiger partial charge in [0.05, 0.1) is 18.8 Å². The van der Waals surface area contributed by atoms with E-state index in [9.17, 15) is 9.59 Å². The van der Waals surface area contributed by atoms with Crippen LogP contribution in [0.3, 0.4) is 0 Å². The molecule has 1 aromatic carbocycles. The van der Waals surface area contributed by atoms with Gasteiger partial charge in [0, 0.05) is 41.2 Å².